The van der Waals surface area contributed by atoms with Gasteiger partial charge in [-0.3, -0.25) is 5.41 Å². The highest BCUT2D eigenvalue weighted by molar-refractivity contribution is 6.66. The van der Waals surface area contributed by atoms with Crippen LogP contribution in [0.25, 0.3) is 21.5 Å². The van der Waals surface area contributed by atoms with Crippen LogP contribution in [-0.4, -0.2) is 54.0 Å². The number of hydrogen-bond acceptors (Lipinski definition) is 5. The first-order chi connectivity index (χ1) is 24.0. The molecular weight excluding hydrogens is 632 g/mol. The molecule has 0 saturated carbocycles. The van der Waals surface area contributed by atoms with Gasteiger partial charge < -0.3 is 18.6 Å². The number of rotatable bonds is 5. The van der Waals surface area contributed by atoms with Crippen molar-refractivity contribution in [2.45, 2.75) is 84.7 Å². The first-order valence-electron chi connectivity index (χ1n) is 17.6. The molecule has 0 spiro atoms. The van der Waals surface area contributed by atoms with E-state index in [-0.39, 0.29) is 5.84 Å². The maximum atomic E-state index is 9.12. The zero-order valence-corrected chi connectivity index (χ0v) is 31.0. The van der Waals surface area contributed by atoms with Crippen LogP contribution in [0.2, 0.25) is 0 Å². The van der Waals surface area contributed by atoms with Gasteiger partial charge in [0.15, 0.2) is 11.7 Å². The number of nitrogens with one attached hydrogen (secondary N) is 1. The van der Waals surface area contributed by atoms with Crippen molar-refractivity contribution in [3.63, 3.8) is 0 Å². The molecule has 2 saturated heterocycles. The maximum absolute atomic E-state index is 9.12. The van der Waals surface area contributed by atoms with Gasteiger partial charge in [-0.05, 0) is 112 Å². The van der Waals surface area contributed by atoms with Crippen LogP contribution in [-0.2, 0) is 18.6 Å². The average Bonchev–Trinajstić information content (AvgIpc) is 3.46. The Morgan fingerprint density at radius 3 is 1.37 bits per heavy atom. The minimum Gasteiger partial charge on any atom is -0.399 e. The third kappa shape index (κ3) is 6.72. The number of nitrogens with zero attached hydrogens (tertiary/aromatic N) is 2. The van der Waals surface area contributed by atoms with Gasteiger partial charge in [-0.25, -0.2) is 9.98 Å². The number of benzene rings is 5. The Kier molecular flexibility index (Phi) is 8.70. The average molecular weight is 677 g/mol. The van der Waals surface area contributed by atoms with Gasteiger partial charge in [0.2, 0.25) is 0 Å². The molecule has 0 atom stereocenters. The van der Waals surface area contributed by atoms with Gasteiger partial charge in [0, 0.05) is 16.8 Å². The minimum absolute atomic E-state index is 0.129. The van der Waals surface area contributed by atoms with E-state index in [1.54, 1.807) is 0 Å². The lowest BCUT2D eigenvalue weighted by atomic mass is 9.70. The molecule has 1 N–H and O–H groups in total. The Morgan fingerprint density at radius 2 is 0.902 bits per heavy atom. The summed E-state index contributed by atoms with van der Waals surface area (Å²) in [5.41, 5.74) is 2.72. The predicted octanol–water partition coefficient (Wildman–Crippen LogP) is 7.87. The van der Waals surface area contributed by atoms with E-state index in [9.17, 15) is 0 Å². The second-order valence-electron chi connectivity index (χ2n) is 15.7. The SMILES string of the molecule is C/C(=N\C(=N/C(=N)c1ccc2ccccc2c1)c1ccc2ccccc2c1)c1cc(B2OC(C)(C)C(C)(C)O2)cc(B2OC(C)(C)C(C)(C)O2)c1. The molecule has 7 rings (SSSR count). The molecule has 9 heteroatoms. The van der Waals surface area contributed by atoms with Gasteiger partial charge in [0.05, 0.1) is 22.4 Å². The zero-order valence-electron chi connectivity index (χ0n) is 31.0. The molecule has 0 unspecified atom stereocenters. The van der Waals surface area contributed by atoms with E-state index in [4.69, 9.17) is 34.0 Å². The van der Waals surface area contributed by atoms with Crippen LogP contribution in [0, 0.1) is 5.41 Å². The van der Waals surface area contributed by atoms with E-state index in [0.29, 0.717) is 17.1 Å². The highest BCUT2D eigenvalue weighted by Crippen LogP contribution is 2.38. The van der Waals surface area contributed by atoms with E-state index in [2.05, 4.69) is 104 Å². The highest BCUT2D eigenvalue weighted by atomic mass is 16.7. The molecule has 0 radical (unpaired) electrons. The van der Waals surface area contributed by atoms with Crippen molar-refractivity contribution in [2.24, 2.45) is 9.98 Å². The molecule has 7 nitrogen and oxygen atoms in total. The number of aliphatic imine (C=N–C) groups is 2. The quantitative estimate of drug-likeness (QED) is 0.117. The maximum Gasteiger partial charge on any atom is 0.494 e. The van der Waals surface area contributed by atoms with Crippen LogP contribution in [0.3, 0.4) is 0 Å². The van der Waals surface area contributed by atoms with Crippen LogP contribution >= 0.6 is 0 Å². The van der Waals surface area contributed by atoms with Crippen molar-refractivity contribution in [1.82, 2.24) is 0 Å². The molecule has 2 aliphatic rings. The topological polar surface area (TPSA) is 85.5 Å². The lowest BCUT2D eigenvalue weighted by molar-refractivity contribution is 0.00578. The van der Waals surface area contributed by atoms with E-state index >= 15 is 0 Å². The summed E-state index contributed by atoms with van der Waals surface area (Å²) in [6.07, 6.45) is 0. The second-order valence-corrected chi connectivity index (χ2v) is 15.7. The Labute approximate surface area is 301 Å². The number of amidine groups is 2. The van der Waals surface area contributed by atoms with E-state index in [1.807, 2.05) is 61.5 Å². The van der Waals surface area contributed by atoms with Gasteiger partial charge in [0.1, 0.15) is 0 Å². The fourth-order valence-electron chi connectivity index (χ4n) is 6.33. The molecule has 51 heavy (non-hydrogen) atoms. The Balaban J connectivity index is 1.34. The van der Waals surface area contributed by atoms with Crippen LogP contribution in [0.1, 0.15) is 79.0 Å². The third-order valence-corrected chi connectivity index (χ3v) is 11.0. The van der Waals surface area contributed by atoms with Crippen LogP contribution in [0.5, 0.6) is 0 Å². The summed E-state index contributed by atoms with van der Waals surface area (Å²) < 4.78 is 26.0. The van der Waals surface area contributed by atoms with E-state index < -0.39 is 36.6 Å². The molecular formula is C42H45B2N3O4. The predicted molar refractivity (Wildman–Crippen MR) is 211 cm³/mol. The van der Waals surface area contributed by atoms with Gasteiger partial charge in [0.25, 0.3) is 0 Å². The van der Waals surface area contributed by atoms with E-state index in [1.165, 1.54) is 0 Å². The summed E-state index contributed by atoms with van der Waals surface area (Å²) in [6.45, 7) is 18.4. The molecule has 5 aromatic rings. The Morgan fingerprint density at radius 1 is 0.490 bits per heavy atom. The van der Waals surface area contributed by atoms with Crippen molar-refractivity contribution < 1.29 is 18.6 Å². The van der Waals surface area contributed by atoms with Gasteiger partial charge in [-0.15, -0.1) is 0 Å². The first-order valence-corrected chi connectivity index (χ1v) is 17.6. The van der Waals surface area contributed by atoms with Crippen molar-refractivity contribution in [2.75, 3.05) is 0 Å². The summed E-state index contributed by atoms with van der Waals surface area (Å²) >= 11 is 0. The number of fused-ring (bicyclic) bond motifs is 2. The molecule has 0 amide bonds. The molecule has 258 valence electrons. The minimum atomic E-state index is -0.598. The normalized spacial score (nSPS) is 19.6. The van der Waals surface area contributed by atoms with Crippen molar-refractivity contribution in [3.05, 3.63) is 120 Å². The molecule has 2 fully saturated rings. The molecule has 2 heterocycles. The summed E-state index contributed by atoms with van der Waals surface area (Å²) in [5, 5.41) is 13.5. The van der Waals surface area contributed by atoms with Crippen molar-refractivity contribution >= 4 is 64.1 Å². The fourth-order valence-corrected chi connectivity index (χ4v) is 6.33. The largest absolute Gasteiger partial charge is 0.494 e. The number of hydrogen-bond donors (Lipinski definition) is 1. The Hall–Kier alpha value is -4.40. The summed E-state index contributed by atoms with van der Waals surface area (Å²) in [4.78, 5) is 10.0. The summed E-state index contributed by atoms with van der Waals surface area (Å²) in [5.74, 6) is 0.568. The highest BCUT2D eigenvalue weighted by Gasteiger charge is 2.54. The molecule has 0 bridgehead atoms. The van der Waals surface area contributed by atoms with Crippen LogP contribution in [0.15, 0.2) is 113 Å². The molecule has 5 aromatic carbocycles. The monoisotopic (exact) mass is 677 g/mol. The fraction of sp³-hybridized carbons (Fsp3) is 0.310. The molecule has 0 aliphatic carbocycles. The first kappa shape index (κ1) is 35.0. The third-order valence-electron chi connectivity index (χ3n) is 11.0. The smallest absolute Gasteiger partial charge is 0.399 e. The lowest BCUT2D eigenvalue weighted by Gasteiger charge is -2.32. The summed E-state index contributed by atoms with van der Waals surface area (Å²) in [6, 6.07) is 34.6. The van der Waals surface area contributed by atoms with Crippen molar-refractivity contribution in [1.29, 1.82) is 5.41 Å². The lowest BCUT2D eigenvalue weighted by Crippen LogP contribution is -2.42. The van der Waals surface area contributed by atoms with Gasteiger partial charge >= 0.3 is 14.2 Å². The second kappa shape index (κ2) is 12.7. The van der Waals surface area contributed by atoms with Crippen LogP contribution in [0.4, 0.5) is 0 Å². The Bertz CT molecular complexity index is 2150. The molecule has 0 aromatic heterocycles. The standard InChI is InChI=1S/C42H45B2N3O4/c1-27(34-24-35(43-48-39(2,3)40(4,5)49-43)26-36(25-34)44-50-41(6,7)42(8,9)51-44)46-38(33-21-19-29-15-11-13-17-31(29)23-33)47-37(45)32-20-18-28-14-10-12-16-30(28)22-32/h10-26,45H,1-9H3/b45-37?,46-27+,47-38-. The summed E-state index contributed by atoms with van der Waals surface area (Å²) in [7, 11) is -1.20. The molecule has 2 aliphatic heterocycles. The van der Waals surface area contributed by atoms with Gasteiger partial charge in [-0.1, -0.05) is 91.0 Å². The zero-order chi connectivity index (χ0) is 36.3. The van der Waals surface area contributed by atoms with Crippen molar-refractivity contribution in [3.8, 4) is 0 Å². The van der Waals surface area contributed by atoms with Crippen LogP contribution < -0.4 is 10.9 Å². The van der Waals surface area contributed by atoms with E-state index in [0.717, 1.165) is 43.6 Å². The van der Waals surface area contributed by atoms with Gasteiger partial charge in [-0.2, -0.15) is 0 Å².